The molecule has 172 valence electrons. The molecule has 3 aromatic rings. The summed E-state index contributed by atoms with van der Waals surface area (Å²) in [6.45, 7) is 3.98. The van der Waals surface area contributed by atoms with E-state index >= 15 is 0 Å². The van der Waals surface area contributed by atoms with E-state index < -0.39 is 27.9 Å². The number of allylic oxidation sites excluding steroid dienone is 2. The molecule has 8 nitrogen and oxygen atoms in total. The van der Waals surface area contributed by atoms with Gasteiger partial charge in [0.2, 0.25) is 0 Å². The van der Waals surface area contributed by atoms with Crippen LogP contribution in [0.5, 0.6) is 0 Å². The Balaban J connectivity index is 1.26. The van der Waals surface area contributed by atoms with Gasteiger partial charge >= 0.3 is 6.03 Å². The van der Waals surface area contributed by atoms with Gasteiger partial charge in [0.25, 0.3) is 0 Å². The smallest absolute Gasteiger partial charge is 0.324 e. The van der Waals surface area contributed by atoms with Crippen LogP contribution in [0.3, 0.4) is 0 Å². The number of hydrogen-bond acceptors (Lipinski definition) is 5. The predicted octanol–water partition coefficient (Wildman–Crippen LogP) is 4.35. The maximum absolute atomic E-state index is 14.0. The summed E-state index contributed by atoms with van der Waals surface area (Å²) < 4.78 is 27.4. The molecule has 0 spiro atoms. The number of hydrogen-bond donors (Lipinski definition) is 4. The van der Waals surface area contributed by atoms with Crippen LogP contribution in [-0.4, -0.2) is 59.3 Å². The molecule has 1 unspecified atom stereocenters. The van der Waals surface area contributed by atoms with Crippen molar-refractivity contribution in [1.82, 2.24) is 20.1 Å². The van der Waals surface area contributed by atoms with Crippen molar-refractivity contribution < 1.29 is 13.6 Å². The molecule has 11 heteroatoms. The molecule has 0 radical (unpaired) electrons. The van der Waals surface area contributed by atoms with Crippen LogP contribution < -0.4 is 15.5 Å². The monoisotopic (exact) mass is 471 g/mol. The molecular weight excluding hydrogens is 448 g/mol. The molecule has 4 heterocycles. The van der Waals surface area contributed by atoms with E-state index in [1.807, 2.05) is 24.3 Å². The van der Waals surface area contributed by atoms with Crippen LogP contribution in [0, 0.1) is 0 Å². The molecule has 3 N–H and O–H groups in total. The van der Waals surface area contributed by atoms with Crippen LogP contribution in [0.4, 0.5) is 30.8 Å². The Hall–Kier alpha value is -3.44. The number of aromatic nitrogens is 3. The van der Waals surface area contributed by atoms with Gasteiger partial charge in [0.15, 0.2) is 11.5 Å². The number of benzene rings is 1. The van der Waals surface area contributed by atoms with Crippen molar-refractivity contribution in [1.29, 1.82) is 0 Å². The fourth-order valence-corrected chi connectivity index (χ4v) is 5.37. The molecule has 2 aliphatic rings. The highest BCUT2D eigenvalue weighted by molar-refractivity contribution is 8.23. The number of nitrogens with one attached hydrogen (secondary N) is 3. The standard InChI is InChI=1S/C22H23F2N7OS/c1-30-6-8-31(9-7-30)16-4-2-15(3-5-16)26-22(32)27-21-18-11-17(12-25-20(18)28-29-21)33-13-14(23)10-19(33)24/h2-5,10-13,33H,6-9H2,1H3,(H3,25,26,27,28,29,32). The first-order valence-corrected chi connectivity index (χ1v) is 11.9. The number of carbonyl (C=O) groups excluding carboxylic acids is 1. The minimum absolute atomic E-state index is 0.258. The molecule has 0 aliphatic carbocycles. The average molecular weight is 472 g/mol. The lowest BCUT2D eigenvalue weighted by molar-refractivity contribution is 0.262. The highest BCUT2D eigenvalue weighted by atomic mass is 32.2. The lowest BCUT2D eigenvalue weighted by Crippen LogP contribution is -2.44. The van der Waals surface area contributed by atoms with E-state index in [9.17, 15) is 13.6 Å². The molecule has 2 amide bonds. The number of urea groups is 1. The molecule has 2 aromatic heterocycles. The lowest BCUT2D eigenvalue weighted by Gasteiger charge is -2.34. The number of thiol groups is 1. The fraction of sp³-hybridized carbons (Fsp3) is 0.227. The molecule has 1 fully saturated rings. The van der Waals surface area contributed by atoms with Gasteiger partial charge in [-0.3, -0.25) is 10.4 Å². The molecule has 5 rings (SSSR count). The molecule has 33 heavy (non-hydrogen) atoms. The second-order valence-corrected chi connectivity index (χ2v) is 9.87. The van der Waals surface area contributed by atoms with Gasteiger partial charge in [-0.25, -0.2) is 18.6 Å². The van der Waals surface area contributed by atoms with Gasteiger partial charge in [-0.1, -0.05) is 0 Å². The number of aromatic amines is 1. The molecule has 1 atom stereocenters. The number of halogens is 2. The Morgan fingerprint density at radius 1 is 1.12 bits per heavy atom. The molecule has 2 aliphatic heterocycles. The van der Waals surface area contributed by atoms with Gasteiger partial charge in [0.1, 0.15) is 11.0 Å². The SMILES string of the molecule is CN1CCN(c2ccc(NC(=O)Nc3n[nH]c4ncc([SH]5C=C(F)C=C5F)cc34)cc2)CC1. The van der Waals surface area contributed by atoms with E-state index in [0.29, 0.717) is 21.6 Å². The van der Waals surface area contributed by atoms with E-state index in [4.69, 9.17) is 0 Å². The van der Waals surface area contributed by atoms with Crippen LogP contribution in [0.15, 0.2) is 63.9 Å². The first kappa shape index (κ1) is 21.4. The summed E-state index contributed by atoms with van der Waals surface area (Å²) in [7, 11) is 0.555. The summed E-state index contributed by atoms with van der Waals surface area (Å²) in [5.74, 6) is -0.337. The predicted molar refractivity (Wildman–Crippen MR) is 128 cm³/mol. The zero-order valence-electron chi connectivity index (χ0n) is 17.8. The third-order valence-corrected chi connectivity index (χ3v) is 7.54. The van der Waals surface area contributed by atoms with Crippen LogP contribution in [0.25, 0.3) is 11.0 Å². The summed E-state index contributed by atoms with van der Waals surface area (Å²) >= 11 is 0. The zero-order valence-corrected chi connectivity index (χ0v) is 18.7. The van der Waals surface area contributed by atoms with Gasteiger partial charge in [-0.05, 0) is 42.8 Å². The van der Waals surface area contributed by atoms with Gasteiger partial charge < -0.3 is 15.1 Å². The summed E-state index contributed by atoms with van der Waals surface area (Å²) in [5.41, 5.74) is 2.20. The molecule has 1 saturated heterocycles. The van der Waals surface area contributed by atoms with Crippen molar-refractivity contribution in [3.05, 3.63) is 59.0 Å². The lowest BCUT2D eigenvalue weighted by atomic mass is 10.2. The van der Waals surface area contributed by atoms with Crippen LogP contribution in [0.1, 0.15) is 0 Å². The molecule has 0 bridgehead atoms. The second-order valence-electron chi connectivity index (χ2n) is 7.93. The Morgan fingerprint density at radius 3 is 2.58 bits per heavy atom. The van der Waals surface area contributed by atoms with E-state index in [1.165, 1.54) is 11.6 Å². The zero-order chi connectivity index (χ0) is 22.9. The van der Waals surface area contributed by atoms with Gasteiger partial charge in [-0.2, -0.15) is 5.10 Å². The summed E-state index contributed by atoms with van der Waals surface area (Å²) in [6, 6.07) is 8.88. The Bertz CT molecular complexity index is 1250. The fourth-order valence-electron chi connectivity index (χ4n) is 3.81. The largest absolute Gasteiger partial charge is 0.369 e. The minimum atomic E-state index is -1.56. The minimum Gasteiger partial charge on any atom is -0.369 e. The number of anilines is 3. The van der Waals surface area contributed by atoms with E-state index in [-0.39, 0.29) is 5.82 Å². The first-order valence-electron chi connectivity index (χ1n) is 10.5. The van der Waals surface area contributed by atoms with Crippen molar-refractivity contribution in [2.45, 2.75) is 4.90 Å². The van der Waals surface area contributed by atoms with E-state index in [1.54, 1.807) is 6.07 Å². The topological polar surface area (TPSA) is 89.2 Å². The van der Waals surface area contributed by atoms with Crippen LogP contribution in [0.2, 0.25) is 0 Å². The number of carbonyl (C=O) groups is 1. The van der Waals surface area contributed by atoms with Gasteiger partial charge in [-0.15, -0.1) is 10.9 Å². The molecule has 1 aromatic carbocycles. The number of pyridine rings is 1. The maximum Gasteiger partial charge on any atom is 0.324 e. The number of piperazine rings is 1. The van der Waals surface area contributed by atoms with Crippen LogP contribution >= 0.6 is 10.9 Å². The summed E-state index contributed by atoms with van der Waals surface area (Å²) in [5, 5.41) is 13.6. The molecular formula is C22H23F2N7OS. The third kappa shape index (κ3) is 4.55. The third-order valence-electron chi connectivity index (χ3n) is 5.65. The Morgan fingerprint density at radius 2 is 1.88 bits per heavy atom. The Kier molecular flexibility index (Phi) is 5.73. The highest BCUT2D eigenvalue weighted by Crippen LogP contribution is 2.51. The van der Waals surface area contributed by atoms with Gasteiger partial charge in [0, 0.05) is 54.7 Å². The van der Waals surface area contributed by atoms with Crippen molar-refractivity contribution in [3.63, 3.8) is 0 Å². The highest BCUT2D eigenvalue weighted by Gasteiger charge is 2.20. The number of fused-ring (bicyclic) bond motifs is 1. The number of H-pyrrole nitrogens is 1. The molecule has 0 saturated carbocycles. The van der Waals surface area contributed by atoms with Crippen molar-refractivity contribution in [2.75, 3.05) is 48.8 Å². The van der Waals surface area contributed by atoms with Crippen LogP contribution in [-0.2, 0) is 0 Å². The number of rotatable bonds is 4. The van der Waals surface area contributed by atoms with Crippen molar-refractivity contribution in [3.8, 4) is 0 Å². The number of amides is 2. The first-order chi connectivity index (χ1) is 16.0. The Labute approximate surface area is 191 Å². The number of likely N-dealkylation sites (N-methyl/N-ethyl adjacent to an activating group) is 1. The van der Waals surface area contributed by atoms with E-state index in [2.05, 4.69) is 42.7 Å². The number of nitrogens with zero attached hydrogens (tertiary/aromatic N) is 4. The van der Waals surface area contributed by atoms with E-state index in [0.717, 1.165) is 37.9 Å². The summed E-state index contributed by atoms with van der Waals surface area (Å²) in [6.07, 6.45) is 2.37. The quantitative estimate of drug-likeness (QED) is 0.425. The van der Waals surface area contributed by atoms with Crippen molar-refractivity contribution >= 4 is 45.2 Å². The summed E-state index contributed by atoms with van der Waals surface area (Å²) in [4.78, 5) is 21.9. The second kappa shape index (κ2) is 8.83. The maximum atomic E-state index is 14.0. The normalized spacial score (nSPS) is 20.0. The average Bonchev–Trinajstić information content (AvgIpc) is 3.36. The van der Waals surface area contributed by atoms with Gasteiger partial charge in [0.05, 0.1) is 5.39 Å². The van der Waals surface area contributed by atoms with Crippen molar-refractivity contribution in [2.24, 2.45) is 0 Å².